The van der Waals surface area contributed by atoms with Crippen LogP contribution in [-0.2, 0) is 0 Å². The first-order valence-corrected chi connectivity index (χ1v) is 4.66. The van der Waals surface area contributed by atoms with Crippen LogP contribution in [0, 0.1) is 5.92 Å². The number of aliphatic hydroxyl groups excluding tert-OH is 1. The molecule has 0 aliphatic rings. The smallest absolute Gasteiger partial charge is 0.148 e. The van der Waals surface area contributed by atoms with Crippen molar-refractivity contribution in [2.75, 3.05) is 24.2 Å². The Hall–Kier alpha value is -1.36. The van der Waals surface area contributed by atoms with Crippen molar-refractivity contribution >= 4 is 11.6 Å². The maximum atomic E-state index is 8.70. The van der Waals surface area contributed by atoms with E-state index in [0.717, 1.165) is 13.0 Å². The molecule has 0 saturated heterocycles. The van der Waals surface area contributed by atoms with Crippen molar-refractivity contribution < 1.29 is 5.11 Å². The molecule has 0 bridgehead atoms. The molecular weight excluding hydrogens is 180 g/mol. The lowest BCUT2D eigenvalue weighted by atomic mass is 10.1. The van der Waals surface area contributed by atoms with Gasteiger partial charge in [0.2, 0.25) is 0 Å². The van der Waals surface area contributed by atoms with Gasteiger partial charge < -0.3 is 16.2 Å². The molecule has 1 unspecified atom stereocenters. The molecule has 0 aromatic carbocycles. The number of rotatable bonds is 5. The van der Waals surface area contributed by atoms with E-state index in [-0.39, 0.29) is 6.61 Å². The highest BCUT2D eigenvalue weighted by atomic mass is 16.3. The fraction of sp³-hybridized carbons (Fsp3) is 0.556. The summed E-state index contributed by atoms with van der Waals surface area (Å²) in [5.41, 5.74) is 5.40. The van der Waals surface area contributed by atoms with Crippen LogP contribution in [0.1, 0.15) is 13.3 Å². The Kier molecular flexibility index (Phi) is 4.12. The molecule has 1 rings (SSSR count). The van der Waals surface area contributed by atoms with Crippen LogP contribution in [0.2, 0.25) is 0 Å². The second kappa shape index (κ2) is 5.39. The molecule has 0 amide bonds. The maximum Gasteiger partial charge on any atom is 0.148 e. The molecule has 1 aromatic heterocycles. The van der Waals surface area contributed by atoms with Crippen molar-refractivity contribution in [3.63, 3.8) is 0 Å². The van der Waals surface area contributed by atoms with Crippen LogP contribution < -0.4 is 11.1 Å². The minimum absolute atomic E-state index is 0.219. The first kappa shape index (κ1) is 10.7. The summed E-state index contributed by atoms with van der Waals surface area (Å²) in [4.78, 5) is 0. The van der Waals surface area contributed by atoms with Gasteiger partial charge in [-0.1, -0.05) is 6.92 Å². The van der Waals surface area contributed by atoms with Crippen LogP contribution >= 0.6 is 0 Å². The average molecular weight is 196 g/mol. The quantitative estimate of drug-likeness (QED) is 0.638. The lowest BCUT2D eigenvalue weighted by Crippen LogP contribution is -2.13. The number of aliphatic hydroxyl groups is 1. The van der Waals surface area contributed by atoms with Gasteiger partial charge in [-0.05, 0) is 24.5 Å². The van der Waals surface area contributed by atoms with Gasteiger partial charge in [-0.3, -0.25) is 0 Å². The second-order valence-electron chi connectivity index (χ2n) is 3.34. The molecular formula is C9H16N4O. The largest absolute Gasteiger partial charge is 0.396 e. The summed E-state index contributed by atoms with van der Waals surface area (Å²) in [5.74, 6) is 1.54. The number of nitrogens with zero attached hydrogens (tertiary/aromatic N) is 2. The Bertz CT molecular complexity index is 262. The minimum atomic E-state index is 0.219. The van der Waals surface area contributed by atoms with Crippen molar-refractivity contribution in [3.8, 4) is 0 Å². The summed E-state index contributed by atoms with van der Waals surface area (Å²) in [6.07, 6.45) is 0.787. The van der Waals surface area contributed by atoms with Gasteiger partial charge in [0.25, 0.3) is 0 Å². The van der Waals surface area contributed by atoms with Crippen molar-refractivity contribution in [2.24, 2.45) is 5.92 Å². The highest BCUT2D eigenvalue weighted by Gasteiger charge is 2.01. The van der Waals surface area contributed by atoms with Crippen LogP contribution in [0.4, 0.5) is 11.6 Å². The Morgan fingerprint density at radius 3 is 2.86 bits per heavy atom. The summed E-state index contributed by atoms with van der Waals surface area (Å²) in [5, 5.41) is 19.4. The van der Waals surface area contributed by atoms with E-state index in [4.69, 9.17) is 10.8 Å². The number of nitrogen functional groups attached to an aromatic ring is 1. The molecule has 0 radical (unpaired) electrons. The molecule has 1 atom stereocenters. The van der Waals surface area contributed by atoms with Crippen LogP contribution in [0.3, 0.4) is 0 Å². The molecule has 5 nitrogen and oxygen atoms in total. The predicted octanol–water partition coefficient (Wildman–Crippen LogP) is 0.489. The first-order valence-electron chi connectivity index (χ1n) is 4.66. The summed E-state index contributed by atoms with van der Waals surface area (Å²) in [6, 6.07) is 3.49. The number of hydrogen-bond acceptors (Lipinski definition) is 5. The molecule has 0 aliphatic heterocycles. The Morgan fingerprint density at radius 1 is 1.50 bits per heavy atom. The van der Waals surface area contributed by atoms with Crippen LogP contribution in [0.5, 0.6) is 0 Å². The van der Waals surface area contributed by atoms with E-state index in [0.29, 0.717) is 17.6 Å². The zero-order valence-corrected chi connectivity index (χ0v) is 8.27. The molecule has 1 aromatic rings. The van der Waals surface area contributed by atoms with E-state index in [1.54, 1.807) is 12.1 Å². The molecule has 0 fully saturated rings. The van der Waals surface area contributed by atoms with Gasteiger partial charge in [0.15, 0.2) is 0 Å². The normalized spacial score (nSPS) is 12.4. The molecule has 4 N–H and O–H groups in total. The van der Waals surface area contributed by atoms with Gasteiger partial charge in [0, 0.05) is 13.2 Å². The van der Waals surface area contributed by atoms with E-state index in [1.807, 2.05) is 0 Å². The fourth-order valence-electron chi connectivity index (χ4n) is 1.04. The molecule has 0 spiro atoms. The number of nitrogens with two attached hydrogens (primary N) is 1. The van der Waals surface area contributed by atoms with Crippen LogP contribution in [0.15, 0.2) is 12.1 Å². The maximum absolute atomic E-state index is 8.70. The lowest BCUT2D eigenvalue weighted by Gasteiger charge is -2.10. The summed E-state index contributed by atoms with van der Waals surface area (Å²) < 4.78 is 0. The van der Waals surface area contributed by atoms with Crippen molar-refractivity contribution in [1.29, 1.82) is 0 Å². The third kappa shape index (κ3) is 3.57. The topological polar surface area (TPSA) is 84.1 Å². The number of anilines is 2. The monoisotopic (exact) mass is 196 g/mol. The van der Waals surface area contributed by atoms with Crippen LogP contribution in [-0.4, -0.2) is 28.5 Å². The van der Waals surface area contributed by atoms with E-state index in [2.05, 4.69) is 22.4 Å². The van der Waals surface area contributed by atoms with Gasteiger partial charge in [-0.15, -0.1) is 10.2 Å². The highest BCUT2D eigenvalue weighted by Crippen LogP contribution is 2.05. The number of hydrogen-bond donors (Lipinski definition) is 3. The first-order chi connectivity index (χ1) is 6.72. The number of nitrogens with one attached hydrogen (secondary N) is 1. The van der Waals surface area contributed by atoms with E-state index in [9.17, 15) is 0 Å². The fourth-order valence-corrected chi connectivity index (χ4v) is 1.04. The Labute approximate surface area is 83.3 Å². The van der Waals surface area contributed by atoms with Gasteiger partial charge >= 0.3 is 0 Å². The summed E-state index contributed by atoms with van der Waals surface area (Å²) in [7, 11) is 0. The molecule has 0 saturated carbocycles. The average Bonchev–Trinajstić information content (AvgIpc) is 2.17. The zero-order valence-electron chi connectivity index (χ0n) is 8.27. The summed E-state index contributed by atoms with van der Waals surface area (Å²) >= 11 is 0. The molecule has 0 aliphatic carbocycles. The third-order valence-corrected chi connectivity index (χ3v) is 1.94. The van der Waals surface area contributed by atoms with Gasteiger partial charge in [0.1, 0.15) is 11.6 Å². The highest BCUT2D eigenvalue weighted by molar-refractivity contribution is 5.38. The predicted molar refractivity (Wildman–Crippen MR) is 55.8 cm³/mol. The Balaban J connectivity index is 2.34. The van der Waals surface area contributed by atoms with Gasteiger partial charge in [0.05, 0.1) is 0 Å². The summed E-state index contributed by atoms with van der Waals surface area (Å²) in [6.45, 7) is 3.06. The van der Waals surface area contributed by atoms with E-state index in [1.165, 1.54) is 0 Å². The standard InChI is InChI=1S/C9H16N4O/c1-7(4-5-14)6-11-9-3-2-8(10)12-13-9/h2-3,7,14H,4-6H2,1H3,(H2,10,12)(H,11,13). The van der Waals surface area contributed by atoms with Crippen LogP contribution in [0.25, 0.3) is 0 Å². The van der Waals surface area contributed by atoms with E-state index >= 15 is 0 Å². The zero-order chi connectivity index (χ0) is 10.4. The SMILES string of the molecule is CC(CCO)CNc1ccc(N)nn1. The van der Waals surface area contributed by atoms with Crippen molar-refractivity contribution in [1.82, 2.24) is 10.2 Å². The second-order valence-corrected chi connectivity index (χ2v) is 3.34. The molecule has 14 heavy (non-hydrogen) atoms. The minimum Gasteiger partial charge on any atom is -0.396 e. The van der Waals surface area contributed by atoms with Crippen molar-refractivity contribution in [3.05, 3.63) is 12.1 Å². The van der Waals surface area contributed by atoms with Gasteiger partial charge in [-0.25, -0.2) is 0 Å². The number of aromatic nitrogens is 2. The lowest BCUT2D eigenvalue weighted by molar-refractivity contribution is 0.266. The molecule has 1 heterocycles. The van der Waals surface area contributed by atoms with E-state index < -0.39 is 0 Å². The van der Waals surface area contributed by atoms with Gasteiger partial charge in [-0.2, -0.15) is 0 Å². The Morgan fingerprint density at radius 2 is 2.29 bits per heavy atom. The van der Waals surface area contributed by atoms with Crippen molar-refractivity contribution in [2.45, 2.75) is 13.3 Å². The third-order valence-electron chi connectivity index (χ3n) is 1.94. The molecule has 5 heteroatoms. The molecule has 78 valence electrons.